The predicted molar refractivity (Wildman–Crippen MR) is 121 cm³/mol. The smallest absolute Gasteiger partial charge is 0.319 e. The molecule has 1 aromatic carbocycles. The van der Waals surface area contributed by atoms with E-state index in [1.54, 1.807) is 12.3 Å². The van der Waals surface area contributed by atoms with Gasteiger partial charge in [-0.15, -0.1) is 0 Å². The summed E-state index contributed by atoms with van der Waals surface area (Å²) >= 11 is 0. The zero-order chi connectivity index (χ0) is 23.0. The van der Waals surface area contributed by atoms with Gasteiger partial charge in [0.05, 0.1) is 7.11 Å². The van der Waals surface area contributed by atoms with Crippen molar-refractivity contribution in [2.75, 3.05) is 26.8 Å². The Kier molecular flexibility index (Phi) is 7.94. The number of halogens is 1. The van der Waals surface area contributed by atoms with E-state index in [1.165, 1.54) is 20.1 Å². The highest BCUT2D eigenvalue weighted by Crippen LogP contribution is 2.38. The molecule has 8 heteroatoms. The van der Waals surface area contributed by atoms with Gasteiger partial charge in [-0.25, -0.2) is 9.37 Å². The van der Waals surface area contributed by atoms with Crippen molar-refractivity contribution >= 4 is 11.5 Å². The number of aromatic nitrogens is 2. The van der Waals surface area contributed by atoms with Crippen LogP contribution in [0, 0.1) is 5.92 Å². The summed E-state index contributed by atoms with van der Waals surface area (Å²) in [6.45, 7) is 4.67. The molecule has 1 amide bonds. The van der Waals surface area contributed by atoms with Gasteiger partial charge in [-0.1, -0.05) is 49.4 Å². The number of carbonyl (C=O) groups excluding carboxylic acids is 1. The van der Waals surface area contributed by atoms with Crippen LogP contribution in [0.5, 0.6) is 11.9 Å². The van der Waals surface area contributed by atoms with Crippen LogP contribution in [0.4, 0.5) is 4.39 Å². The first-order valence-electron chi connectivity index (χ1n) is 10.5. The molecule has 2 atom stereocenters. The second kappa shape index (κ2) is 10.9. The second-order valence-corrected chi connectivity index (χ2v) is 7.63. The topological polar surface area (TPSA) is 85.4 Å². The number of allylic oxidation sites excluding steroid dienone is 3. The average Bonchev–Trinajstić information content (AvgIpc) is 2.80. The van der Waals surface area contributed by atoms with Gasteiger partial charge >= 0.3 is 6.01 Å². The molecule has 2 unspecified atom stereocenters. The lowest BCUT2D eigenvalue weighted by molar-refractivity contribution is -0.118. The Bertz CT molecular complexity index is 980. The van der Waals surface area contributed by atoms with Crippen LogP contribution in [0.1, 0.15) is 25.0 Å². The Hall–Kier alpha value is -3.26. The highest BCUT2D eigenvalue weighted by Gasteiger charge is 2.39. The molecule has 0 aliphatic heterocycles. The van der Waals surface area contributed by atoms with E-state index in [1.807, 2.05) is 43.3 Å². The van der Waals surface area contributed by atoms with Gasteiger partial charge in [0.2, 0.25) is 11.8 Å². The minimum Gasteiger partial charge on any atom is -0.481 e. The molecule has 0 bridgehead atoms. The lowest BCUT2D eigenvalue weighted by Crippen LogP contribution is -2.38. The Morgan fingerprint density at radius 2 is 2.03 bits per heavy atom. The highest BCUT2D eigenvalue weighted by atomic mass is 19.1. The fourth-order valence-corrected chi connectivity index (χ4v) is 3.48. The Balaban J connectivity index is 1.60. The fourth-order valence-electron chi connectivity index (χ4n) is 3.48. The number of nitrogens with zero attached hydrogens (tertiary/aromatic N) is 2. The minimum atomic E-state index is -1.69. The van der Waals surface area contributed by atoms with E-state index in [9.17, 15) is 4.79 Å². The number of hydrogen-bond acceptors (Lipinski definition) is 6. The van der Waals surface area contributed by atoms with E-state index in [2.05, 4.69) is 20.6 Å². The number of amides is 1. The third-order valence-electron chi connectivity index (χ3n) is 5.35. The van der Waals surface area contributed by atoms with Gasteiger partial charge in [0, 0.05) is 44.2 Å². The predicted octanol–water partition coefficient (Wildman–Crippen LogP) is 3.09. The van der Waals surface area contributed by atoms with Crippen molar-refractivity contribution in [2.45, 2.75) is 26.1 Å². The van der Waals surface area contributed by atoms with Crippen LogP contribution in [0.15, 0.2) is 54.8 Å². The van der Waals surface area contributed by atoms with Crippen LogP contribution in [0.2, 0.25) is 0 Å². The standard InChI is InChI=1S/C24H29FN4O3/c1-17-21(19-8-5-4-6-9-19)10-7-11-24(17,25)16-32-23-28-15-20(22(29-23)31-3)14-26-12-13-27-18(2)30/h4-11,15,17,26H,12-14,16H2,1-3H3,(H,27,30). The number of carbonyl (C=O) groups is 1. The summed E-state index contributed by atoms with van der Waals surface area (Å²) in [5.41, 5.74) is 0.941. The zero-order valence-electron chi connectivity index (χ0n) is 18.6. The van der Waals surface area contributed by atoms with Crippen molar-refractivity contribution in [3.8, 4) is 11.9 Å². The van der Waals surface area contributed by atoms with Crippen molar-refractivity contribution in [3.63, 3.8) is 0 Å². The molecule has 1 aliphatic rings. The molecule has 32 heavy (non-hydrogen) atoms. The second-order valence-electron chi connectivity index (χ2n) is 7.63. The number of rotatable bonds is 10. The van der Waals surface area contributed by atoms with E-state index in [4.69, 9.17) is 9.47 Å². The van der Waals surface area contributed by atoms with Gasteiger partial charge in [0.1, 0.15) is 6.61 Å². The van der Waals surface area contributed by atoms with Crippen LogP contribution in [0.3, 0.4) is 0 Å². The molecule has 7 nitrogen and oxygen atoms in total. The summed E-state index contributed by atoms with van der Waals surface area (Å²) in [5.74, 6) is -0.121. The zero-order valence-corrected chi connectivity index (χ0v) is 18.6. The first kappa shape index (κ1) is 23.4. The van der Waals surface area contributed by atoms with E-state index in [0.717, 1.165) is 16.7 Å². The lowest BCUT2D eigenvalue weighted by atomic mass is 9.78. The Labute approximate surface area is 187 Å². The fraction of sp³-hybridized carbons (Fsp3) is 0.375. The lowest BCUT2D eigenvalue weighted by Gasteiger charge is -2.32. The summed E-state index contributed by atoms with van der Waals surface area (Å²) in [4.78, 5) is 19.4. The third kappa shape index (κ3) is 5.91. The van der Waals surface area contributed by atoms with Crippen molar-refractivity contribution in [2.24, 2.45) is 5.92 Å². The van der Waals surface area contributed by atoms with Gasteiger partial charge in [0.15, 0.2) is 5.67 Å². The largest absolute Gasteiger partial charge is 0.481 e. The van der Waals surface area contributed by atoms with Crippen LogP contribution in [-0.2, 0) is 11.3 Å². The maximum atomic E-state index is 15.8. The maximum absolute atomic E-state index is 15.8. The monoisotopic (exact) mass is 440 g/mol. The molecule has 0 radical (unpaired) electrons. The molecular formula is C24H29FN4O3. The maximum Gasteiger partial charge on any atom is 0.319 e. The molecule has 2 N–H and O–H groups in total. The van der Waals surface area contributed by atoms with Crippen LogP contribution >= 0.6 is 0 Å². The van der Waals surface area contributed by atoms with Gasteiger partial charge in [-0.3, -0.25) is 4.79 Å². The van der Waals surface area contributed by atoms with E-state index in [-0.39, 0.29) is 18.5 Å². The van der Waals surface area contributed by atoms with Crippen LogP contribution in [0.25, 0.3) is 5.57 Å². The first-order valence-corrected chi connectivity index (χ1v) is 10.5. The minimum absolute atomic E-state index is 0.0530. The number of alkyl halides is 1. The van der Waals surface area contributed by atoms with Crippen LogP contribution < -0.4 is 20.1 Å². The number of nitrogens with one attached hydrogen (secondary N) is 2. The molecule has 0 spiro atoms. The van der Waals surface area contributed by atoms with E-state index >= 15 is 4.39 Å². The van der Waals surface area contributed by atoms with E-state index in [0.29, 0.717) is 25.5 Å². The molecule has 1 heterocycles. The number of methoxy groups -OCH3 is 1. The van der Waals surface area contributed by atoms with Gasteiger partial charge in [0.25, 0.3) is 0 Å². The van der Waals surface area contributed by atoms with Gasteiger partial charge in [-0.2, -0.15) is 4.98 Å². The van der Waals surface area contributed by atoms with Crippen LogP contribution in [-0.4, -0.2) is 48.4 Å². The third-order valence-corrected chi connectivity index (χ3v) is 5.35. The van der Waals surface area contributed by atoms with Gasteiger partial charge < -0.3 is 20.1 Å². The Morgan fingerprint density at radius 3 is 2.75 bits per heavy atom. The highest BCUT2D eigenvalue weighted by molar-refractivity contribution is 5.72. The van der Waals surface area contributed by atoms with Crippen molar-refractivity contribution < 1.29 is 18.7 Å². The van der Waals surface area contributed by atoms with Crippen molar-refractivity contribution in [3.05, 3.63) is 65.9 Å². The molecule has 2 aromatic rings. The van der Waals surface area contributed by atoms with E-state index < -0.39 is 11.6 Å². The first-order chi connectivity index (χ1) is 15.4. The molecule has 170 valence electrons. The summed E-state index contributed by atoms with van der Waals surface area (Å²) in [7, 11) is 1.51. The Morgan fingerprint density at radius 1 is 1.25 bits per heavy atom. The molecule has 1 aliphatic carbocycles. The molecule has 1 aromatic heterocycles. The summed E-state index contributed by atoms with van der Waals surface area (Å²) in [5, 5.41) is 5.89. The molecular weight excluding hydrogens is 411 g/mol. The van der Waals surface area contributed by atoms with Gasteiger partial charge in [-0.05, 0) is 17.2 Å². The number of hydrogen-bond donors (Lipinski definition) is 2. The average molecular weight is 441 g/mol. The summed E-state index contributed by atoms with van der Waals surface area (Å²) in [6, 6.07) is 9.81. The molecule has 0 saturated heterocycles. The molecule has 0 saturated carbocycles. The number of benzene rings is 1. The quantitative estimate of drug-likeness (QED) is 0.553. The normalized spacial score (nSPS) is 19.9. The van der Waals surface area contributed by atoms with Crippen molar-refractivity contribution in [1.29, 1.82) is 0 Å². The summed E-state index contributed by atoms with van der Waals surface area (Å²) in [6.07, 6.45) is 6.77. The summed E-state index contributed by atoms with van der Waals surface area (Å²) < 4.78 is 26.7. The van der Waals surface area contributed by atoms with Crippen molar-refractivity contribution in [1.82, 2.24) is 20.6 Å². The molecule has 3 rings (SSSR count). The molecule has 0 fully saturated rings. The number of ether oxygens (including phenoxy) is 2. The SMILES string of the molecule is COc1nc(OCC2(F)C=CC=C(c3ccccc3)C2C)ncc1CNCCNC(C)=O.